The second kappa shape index (κ2) is 46.5. The number of halogens is 1. The Bertz CT molecular complexity index is 6310. The summed E-state index contributed by atoms with van der Waals surface area (Å²) in [5.74, 6) is -6.40. The number of aromatic carboxylic acids is 2. The van der Waals surface area contributed by atoms with Gasteiger partial charge in [0.15, 0.2) is 0 Å². The molecular formula is C89H112ClN21O26. The number of carboxylic acids is 2. The quantitative estimate of drug-likeness (QED) is 0.0181. The minimum atomic E-state index is -1.15. The van der Waals surface area contributed by atoms with E-state index in [1.54, 1.807) is 238 Å². The number of hydrogen-bond donors (Lipinski definition) is 11. The molecule has 48 heteroatoms. The molecular weight excluding hydrogens is 1810 g/mol. The summed E-state index contributed by atoms with van der Waals surface area (Å²) in [6.45, 7) is 21.0. The van der Waals surface area contributed by atoms with E-state index < -0.39 is 106 Å². The molecule has 0 spiro atoms. The summed E-state index contributed by atoms with van der Waals surface area (Å²) in [5.41, 5.74) is 9.05. The van der Waals surface area contributed by atoms with Gasteiger partial charge in [0.05, 0.1) is 78.6 Å². The summed E-state index contributed by atoms with van der Waals surface area (Å²) in [6.07, 6.45) is 14.8. The van der Waals surface area contributed by atoms with E-state index in [4.69, 9.17) is 48.9 Å². The van der Waals surface area contributed by atoms with Crippen LogP contribution in [-0.2, 0) is 111 Å². The van der Waals surface area contributed by atoms with Gasteiger partial charge in [0.1, 0.15) is 96.5 Å². The van der Waals surface area contributed by atoms with Crippen molar-refractivity contribution in [3.63, 3.8) is 0 Å². The molecule has 0 saturated carbocycles. The van der Waals surface area contributed by atoms with Crippen LogP contribution in [-0.4, -0.2) is 194 Å². The Hall–Kier alpha value is -16.8. The van der Waals surface area contributed by atoms with Gasteiger partial charge in [0.25, 0.3) is 23.6 Å². The molecule has 0 unspecified atom stereocenters. The van der Waals surface area contributed by atoms with Crippen molar-refractivity contribution in [1.82, 2.24) is 50.2 Å². The summed E-state index contributed by atoms with van der Waals surface area (Å²) in [7, 11) is 22.0. The van der Waals surface area contributed by atoms with Crippen LogP contribution in [0.25, 0.3) is 0 Å². The molecule has 0 aliphatic carbocycles. The molecule has 47 nitrogen and oxygen atoms in total. The number of nitrogens with one attached hydrogen (secondary N) is 9. The largest absolute Gasteiger partial charge is 0.477 e. The van der Waals surface area contributed by atoms with Gasteiger partial charge in [-0.2, -0.15) is 5.53 Å². The lowest BCUT2D eigenvalue weighted by molar-refractivity contribution is 0.0581. The van der Waals surface area contributed by atoms with E-state index in [0.717, 1.165) is 0 Å². The minimum Gasteiger partial charge on any atom is -0.477 e. The average molecular weight is 1930 g/mol. The van der Waals surface area contributed by atoms with Gasteiger partial charge in [0.2, 0.25) is 0 Å². The summed E-state index contributed by atoms with van der Waals surface area (Å²) < 4.78 is 64.3. The van der Waals surface area contributed by atoms with E-state index in [1.165, 1.54) is 135 Å². The van der Waals surface area contributed by atoms with E-state index in [1.807, 2.05) is 0 Å². The van der Waals surface area contributed by atoms with E-state index in [-0.39, 0.29) is 57.3 Å². The zero-order chi connectivity index (χ0) is 103. The molecule has 0 fully saturated rings. The van der Waals surface area contributed by atoms with Crippen molar-refractivity contribution in [3.05, 3.63) is 204 Å². The highest BCUT2D eigenvalue weighted by atomic mass is 35.5. The normalized spacial score (nSPS) is 10.8. The van der Waals surface area contributed by atoms with Crippen LogP contribution in [0.5, 0.6) is 11.5 Å². The van der Waals surface area contributed by atoms with Gasteiger partial charge in [-0.1, -0.05) is 4.63 Å². The fourth-order valence-corrected chi connectivity index (χ4v) is 12.2. The monoisotopic (exact) mass is 1930 g/mol. The van der Waals surface area contributed by atoms with Crippen LogP contribution in [0.15, 0.2) is 146 Å². The third-order valence-electron chi connectivity index (χ3n) is 17.9. The molecule has 11 aromatic heterocycles. The molecule has 11 N–H and O–H groups in total. The van der Waals surface area contributed by atoms with Gasteiger partial charge in [0, 0.05) is 158 Å². The summed E-state index contributed by atoms with van der Waals surface area (Å²) >= 11 is 4.29. The second-order valence-corrected chi connectivity index (χ2v) is 34.1. The number of rotatable bonds is 21. The predicted molar refractivity (Wildman–Crippen MR) is 500 cm³/mol. The Morgan fingerprint density at radius 2 is 0.474 bits per heavy atom. The van der Waals surface area contributed by atoms with Crippen molar-refractivity contribution >= 4 is 147 Å². The number of hydrogen-bond acceptors (Lipinski definition) is 26. The van der Waals surface area contributed by atoms with Gasteiger partial charge < -0.3 is 124 Å². The molecule has 0 aromatic carbocycles. The first-order chi connectivity index (χ1) is 63.6. The van der Waals surface area contributed by atoms with Crippen LogP contribution >= 0.6 is 11.8 Å². The number of aromatic nitrogens is 11. The molecule has 11 aromatic rings. The first-order valence-corrected chi connectivity index (χ1v) is 41.1. The minimum absolute atomic E-state index is 0.0317. The molecule has 0 saturated heterocycles. The van der Waals surface area contributed by atoms with Crippen molar-refractivity contribution < 1.29 is 125 Å². The number of nitrogens with zero attached hydrogens (tertiary/aromatic N) is 12. The number of amides is 8. The van der Waals surface area contributed by atoms with E-state index in [0.29, 0.717) is 68.3 Å². The first-order valence-electron chi connectivity index (χ1n) is 40.8. The van der Waals surface area contributed by atoms with Crippen molar-refractivity contribution in [2.45, 2.75) is 105 Å². The van der Waals surface area contributed by atoms with Crippen LogP contribution in [0.3, 0.4) is 0 Å². The highest BCUT2D eigenvalue weighted by Crippen LogP contribution is 2.28. The smallest absolute Gasteiger partial charge is 0.412 e. The van der Waals surface area contributed by atoms with Gasteiger partial charge in [-0.05, 0) is 144 Å². The maximum absolute atomic E-state index is 12.8. The highest BCUT2D eigenvalue weighted by Gasteiger charge is 2.28. The molecule has 11 heterocycles. The first kappa shape index (κ1) is 109. The molecule has 0 aliphatic heterocycles. The Morgan fingerprint density at radius 3 is 0.701 bits per heavy atom. The number of carboxylic acid groups (broad SMARTS) is 2. The molecule has 8 amide bonds. The van der Waals surface area contributed by atoms with E-state index >= 15 is 0 Å². The Morgan fingerprint density at radius 1 is 0.285 bits per heavy atom. The number of ether oxygens (including phenoxy) is 9. The lowest BCUT2D eigenvalue weighted by atomic mass is 10.2. The van der Waals surface area contributed by atoms with Gasteiger partial charge in [-0.15, -0.1) is 0 Å². The fraction of sp³-hybridized carbons (Fsp3) is 0.337. The Balaban J connectivity index is 0.000000268. The fourth-order valence-electron chi connectivity index (χ4n) is 12.2. The van der Waals surface area contributed by atoms with Crippen LogP contribution in [0.2, 0.25) is 0 Å². The van der Waals surface area contributed by atoms with Crippen molar-refractivity contribution in [2.24, 2.45) is 82.2 Å². The molecule has 137 heavy (non-hydrogen) atoms. The zero-order valence-electron chi connectivity index (χ0n) is 80.2. The number of carbonyl (C=O) groups is 15. The second-order valence-electron chi connectivity index (χ2n) is 33.9. The van der Waals surface area contributed by atoms with Crippen molar-refractivity contribution in [3.8, 4) is 11.5 Å². The lowest BCUT2D eigenvalue weighted by Crippen LogP contribution is -2.27. The third-order valence-corrected chi connectivity index (χ3v) is 17.9. The van der Waals surface area contributed by atoms with Crippen LogP contribution in [0.4, 0.5) is 64.7 Å². The maximum atomic E-state index is 12.8. The highest BCUT2D eigenvalue weighted by molar-refractivity contribution is 6.13. The van der Waals surface area contributed by atoms with Gasteiger partial charge in [-0.3, -0.25) is 40.4 Å². The van der Waals surface area contributed by atoms with Gasteiger partial charge in [-0.25, -0.2) is 52.7 Å². The number of esters is 5. The number of anilines is 8. The third kappa shape index (κ3) is 32.9. The van der Waals surface area contributed by atoms with Crippen LogP contribution in [0, 0.1) is 5.53 Å². The number of aryl methyl sites for hydroxylation is 11. The molecule has 0 aliphatic rings. The standard InChI is InChI=1S/C24H29N5O7.C23H27N5O7.C18H24N4O5.C13H15N3O3.C11H16N2O4.ClHN2/c1-24(2,3)36-23(33)26-15-8-17(27(4)12-15)20(30)25-14-9-18(28(5)11-14)22(32)35-16-10-19(21(31)34-7)29(6)13-16;1-23(2,3)35-22(33)25-14-7-16(26(4)11-14)19(29)24-13-8-18(27(5)10-13)21(32)34-15-9-17(20(30)31)28(6)12-15;1-18(2,3)27-17(25)20-12-7-13(21(4)10-12)15(23)19-11-8-14(16(24)26-6)22(5)9-11;1-15-6-4-5-10(15)12(17)14-9-7-11(13(18)19-3)16(2)8-9;1-11(2,3)17-10(16)12-7-5-8(9(14)15)13(4)6-7;1-3-2/h8-13H,1-7H3,(H,25,30)(H,26,33);7-12H,1-6H3,(H,24,29)(H,25,33)(H,30,31);7-10H,1-6H3,(H,19,23)(H,20,25);4-8H,1-3H3,(H,14,17);5-6H,1-4H3,(H,12,16)(H,14,15);2H. The maximum Gasteiger partial charge on any atom is 0.412 e. The molecule has 0 atom stereocenters. The van der Waals surface area contributed by atoms with Crippen molar-refractivity contribution in [2.75, 3.05) is 63.9 Å². The predicted octanol–water partition coefficient (Wildman–Crippen LogP) is 13.9. The van der Waals surface area contributed by atoms with Crippen molar-refractivity contribution in [1.29, 1.82) is 5.53 Å². The number of carbonyl (C=O) groups excluding carboxylic acids is 13. The van der Waals surface area contributed by atoms with E-state index in [9.17, 15) is 71.9 Å². The van der Waals surface area contributed by atoms with Crippen LogP contribution < -0.4 is 52.0 Å². The zero-order valence-corrected chi connectivity index (χ0v) is 81.0. The summed E-state index contributed by atoms with van der Waals surface area (Å²) in [5, 5.41) is 39.1. The van der Waals surface area contributed by atoms with Gasteiger partial charge >= 0.3 is 66.2 Å². The molecule has 0 radical (unpaired) electrons. The summed E-state index contributed by atoms with van der Waals surface area (Å²) in [4.78, 5) is 179. The Kier molecular flexibility index (Phi) is 37.0. The topological polar surface area (TPSA) is 566 Å². The molecule has 736 valence electrons. The SMILES string of the molecule is COC(=O)c1cc(NC(=O)c2cc(NC(=O)OC(C)(C)C)cn2C)cn1C.COC(=O)c1cc(NC(=O)c2cccn2C)cn1C.COC(=O)c1cc(OC(=O)c2cc(NC(=O)c3cc(NC(=O)OC(C)(C)C)cn3C)cn2C)cn1C.Cn1cc(NC(=O)OC(C)(C)C)cc1C(=O)O.Cn1cc(OC(=O)c2cc(NC(=O)c3cc(NC(=O)OC(C)(C)C)cn3C)cn2C)cc1C(=O)O.N=NCl. The lowest BCUT2D eigenvalue weighted by Gasteiger charge is -2.19. The summed E-state index contributed by atoms with van der Waals surface area (Å²) in [6, 6.07) is 18.0. The van der Waals surface area contributed by atoms with Crippen LogP contribution in [0.1, 0.15) is 198 Å². The molecule has 0 bridgehead atoms. The Labute approximate surface area is 790 Å². The van der Waals surface area contributed by atoms with E-state index in [2.05, 4.69) is 68.4 Å². The number of methoxy groups -OCH3 is 3. The molecule has 11 rings (SSSR count). The average Bonchev–Trinajstić information content (AvgIpc) is 1.68.